The van der Waals surface area contributed by atoms with E-state index in [2.05, 4.69) is 4.98 Å². The molecule has 0 aliphatic heterocycles. The predicted octanol–water partition coefficient (Wildman–Crippen LogP) is 1.23. The highest BCUT2D eigenvalue weighted by atomic mass is 16.4. The van der Waals surface area contributed by atoms with Gasteiger partial charge in [-0.05, 0) is 24.1 Å². The van der Waals surface area contributed by atoms with E-state index in [1.54, 1.807) is 25.1 Å². The second kappa shape index (κ2) is 4.66. The lowest BCUT2D eigenvalue weighted by molar-refractivity contribution is -0.141. The molecule has 0 amide bonds. The van der Waals surface area contributed by atoms with Gasteiger partial charge in [-0.25, -0.2) is 4.79 Å². The zero-order valence-electron chi connectivity index (χ0n) is 9.84. The van der Waals surface area contributed by atoms with E-state index in [0.29, 0.717) is 17.5 Å². The van der Waals surface area contributed by atoms with Gasteiger partial charge in [-0.1, -0.05) is 13.0 Å². The van der Waals surface area contributed by atoms with E-state index in [4.69, 9.17) is 15.3 Å². The van der Waals surface area contributed by atoms with Crippen molar-refractivity contribution in [1.29, 1.82) is 0 Å². The fourth-order valence-electron chi connectivity index (χ4n) is 1.82. The summed E-state index contributed by atoms with van der Waals surface area (Å²) in [7, 11) is 0. The number of carboxylic acid groups (broad SMARTS) is 1. The van der Waals surface area contributed by atoms with Gasteiger partial charge in [-0.2, -0.15) is 0 Å². The molecule has 1 aromatic carbocycles. The van der Waals surface area contributed by atoms with Crippen molar-refractivity contribution in [3.05, 3.63) is 34.3 Å². The summed E-state index contributed by atoms with van der Waals surface area (Å²) < 4.78 is 4.88. The molecule has 2 aromatic rings. The van der Waals surface area contributed by atoms with Gasteiger partial charge in [0.1, 0.15) is 0 Å². The second-order valence-electron chi connectivity index (χ2n) is 4.35. The van der Waals surface area contributed by atoms with Crippen LogP contribution in [0.3, 0.4) is 0 Å². The molecule has 1 aromatic heterocycles. The number of aromatic nitrogens is 1. The molecule has 0 spiro atoms. The number of carbonyl (C=O) groups is 1. The number of hydrogen-bond acceptors (Lipinski definition) is 4. The minimum Gasteiger partial charge on any atom is -0.481 e. The van der Waals surface area contributed by atoms with Crippen LogP contribution in [0.15, 0.2) is 27.4 Å². The third-order valence-electron chi connectivity index (χ3n) is 2.90. The van der Waals surface area contributed by atoms with Gasteiger partial charge in [-0.3, -0.25) is 9.78 Å². The average molecular weight is 250 g/mol. The molecule has 6 nitrogen and oxygen atoms in total. The third kappa shape index (κ3) is 2.43. The first-order valence-corrected chi connectivity index (χ1v) is 5.58. The molecule has 18 heavy (non-hydrogen) atoms. The molecule has 0 saturated heterocycles. The highest BCUT2D eigenvalue weighted by molar-refractivity contribution is 5.73. The predicted molar refractivity (Wildman–Crippen MR) is 65.2 cm³/mol. The van der Waals surface area contributed by atoms with Crippen LogP contribution < -0.4 is 11.5 Å². The van der Waals surface area contributed by atoms with Crippen molar-refractivity contribution < 1.29 is 14.3 Å². The normalized spacial score (nSPS) is 14.6. The molecule has 0 radical (unpaired) electrons. The smallest absolute Gasteiger partial charge is 0.417 e. The highest BCUT2D eigenvalue weighted by Crippen LogP contribution is 2.22. The number of fused-ring (bicyclic) bond motifs is 1. The number of hydrogen-bond donors (Lipinski definition) is 3. The van der Waals surface area contributed by atoms with E-state index in [9.17, 15) is 9.59 Å². The zero-order valence-corrected chi connectivity index (χ0v) is 9.84. The Morgan fingerprint density at radius 1 is 1.56 bits per heavy atom. The fraction of sp³-hybridized carbons (Fsp3) is 0.333. The van der Waals surface area contributed by atoms with Crippen molar-refractivity contribution in [1.82, 2.24) is 4.98 Å². The van der Waals surface area contributed by atoms with Crippen molar-refractivity contribution in [2.75, 3.05) is 0 Å². The quantitative estimate of drug-likeness (QED) is 0.756. The summed E-state index contributed by atoms with van der Waals surface area (Å²) in [6.45, 7) is 1.61. The summed E-state index contributed by atoms with van der Waals surface area (Å²) in [6.07, 6.45) is 0.336. The van der Waals surface area contributed by atoms with Crippen LogP contribution in [-0.4, -0.2) is 16.1 Å². The Kier molecular flexibility index (Phi) is 3.20. The Labute approximate surface area is 102 Å². The van der Waals surface area contributed by atoms with Gasteiger partial charge >= 0.3 is 11.7 Å². The number of aliphatic carboxylic acids is 1. The maximum Gasteiger partial charge on any atom is 0.417 e. The summed E-state index contributed by atoms with van der Waals surface area (Å²) in [6, 6.07) is 4.70. The minimum atomic E-state index is -0.872. The van der Waals surface area contributed by atoms with Gasteiger partial charge in [0.2, 0.25) is 0 Å². The number of rotatable bonds is 4. The van der Waals surface area contributed by atoms with E-state index < -0.39 is 17.6 Å². The molecule has 4 N–H and O–H groups in total. The number of aromatic amines is 1. The zero-order chi connectivity index (χ0) is 13.3. The van der Waals surface area contributed by atoms with E-state index in [1.165, 1.54) is 0 Å². The van der Waals surface area contributed by atoms with Crippen LogP contribution >= 0.6 is 0 Å². The summed E-state index contributed by atoms with van der Waals surface area (Å²) >= 11 is 0. The first kappa shape index (κ1) is 12.4. The molecular weight excluding hydrogens is 236 g/mol. The Hall–Kier alpha value is -2.08. The van der Waals surface area contributed by atoms with Crippen molar-refractivity contribution in [2.45, 2.75) is 19.4 Å². The molecule has 2 rings (SSSR count). The van der Waals surface area contributed by atoms with Crippen LogP contribution in [0.2, 0.25) is 0 Å². The number of H-pyrrole nitrogens is 1. The van der Waals surface area contributed by atoms with E-state index in [0.717, 1.165) is 5.56 Å². The molecule has 0 fully saturated rings. The van der Waals surface area contributed by atoms with Gasteiger partial charge in [0, 0.05) is 6.04 Å². The molecule has 0 bridgehead atoms. The Bertz CT molecular complexity index is 628. The standard InChI is InChI=1S/C12H14N2O4/c1-6(11(15)16)4-8(13)7-2-3-10-9(5-7)14-12(17)18-10/h2-3,5-6,8H,4,13H2,1H3,(H,14,17)(H,15,16). The molecule has 2 unspecified atom stereocenters. The molecule has 0 aliphatic rings. The van der Waals surface area contributed by atoms with E-state index in [-0.39, 0.29) is 6.04 Å². The summed E-state index contributed by atoms with van der Waals surface area (Å²) in [4.78, 5) is 24.3. The van der Waals surface area contributed by atoms with E-state index >= 15 is 0 Å². The van der Waals surface area contributed by atoms with Crippen LogP contribution in [0.1, 0.15) is 24.9 Å². The lowest BCUT2D eigenvalue weighted by atomic mass is 9.96. The largest absolute Gasteiger partial charge is 0.481 e. The van der Waals surface area contributed by atoms with Gasteiger partial charge in [0.25, 0.3) is 0 Å². The molecule has 2 atom stereocenters. The van der Waals surface area contributed by atoms with Gasteiger partial charge in [0.05, 0.1) is 11.4 Å². The maximum atomic E-state index is 11.0. The van der Waals surface area contributed by atoms with Crippen molar-refractivity contribution in [3.8, 4) is 0 Å². The average Bonchev–Trinajstić information content (AvgIpc) is 2.67. The number of carboxylic acids is 1. The Morgan fingerprint density at radius 3 is 2.94 bits per heavy atom. The Balaban J connectivity index is 2.24. The van der Waals surface area contributed by atoms with Crippen LogP contribution in [-0.2, 0) is 4.79 Å². The lowest BCUT2D eigenvalue weighted by Crippen LogP contribution is -2.19. The van der Waals surface area contributed by atoms with Crippen molar-refractivity contribution >= 4 is 17.1 Å². The fourth-order valence-corrected chi connectivity index (χ4v) is 1.82. The monoisotopic (exact) mass is 250 g/mol. The number of nitrogens with one attached hydrogen (secondary N) is 1. The lowest BCUT2D eigenvalue weighted by Gasteiger charge is -2.14. The first-order chi connectivity index (χ1) is 8.47. The number of oxazole rings is 1. The highest BCUT2D eigenvalue weighted by Gasteiger charge is 2.17. The molecular formula is C12H14N2O4. The second-order valence-corrected chi connectivity index (χ2v) is 4.35. The first-order valence-electron chi connectivity index (χ1n) is 5.58. The number of nitrogens with two attached hydrogens (primary N) is 1. The maximum absolute atomic E-state index is 11.0. The molecule has 1 heterocycles. The summed E-state index contributed by atoms with van der Waals surface area (Å²) in [5.74, 6) is -1.91. The molecule has 0 aliphatic carbocycles. The third-order valence-corrected chi connectivity index (χ3v) is 2.90. The van der Waals surface area contributed by atoms with E-state index in [1.807, 2.05) is 0 Å². The summed E-state index contributed by atoms with van der Waals surface area (Å²) in [5.41, 5.74) is 7.74. The van der Waals surface area contributed by atoms with Crippen LogP contribution in [0.4, 0.5) is 0 Å². The van der Waals surface area contributed by atoms with Gasteiger partial charge in [-0.15, -0.1) is 0 Å². The van der Waals surface area contributed by atoms with Gasteiger partial charge in [0.15, 0.2) is 5.58 Å². The van der Waals surface area contributed by atoms with Crippen LogP contribution in [0.25, 0.3) is 11.1 Å². The van der Waals surface area contributed by atoms with Crippen molar-refractivity contribution in [3.63, 3.8) is 0 Å². The molecule has 96 valence electrons. The van der Waals surface area contributed by atoms with Crippen LogP contribution in [0.5, 0.6) is 0 Å². The minimum absolute atomic E-state index is 0.336. The Morgan fingerprint density at radius 2 is 2.28 bits per heavy atom. The summed E-state index contributed by atoms with van der Waals surface area (Å²) in [5, 5.41) is 8.83. The van der Waals surface area contributed by atoms with Crippen molar-refractivity contribution in [2.24, 2.45) is 11.7 Å². The van der Waals surface area contributed by atoms with Crippen LogP contribution in [0, 0.1) is 5.92 Å². The molecule has 0 saturated carbocycles. The molecule has 6 heteroatoms. The SMILES string of the molecule is CC(CC(N)c1ccc2oc(=O)[nH]c2c1)C(=O)O. The number of benzene rings is 1. The van der Waals surface area contributed by atoms with Gasteiger partial charge < -0.3 is 15.3 Å². The topological polar surface area (TPSA) is 109 Å².